The predicted octanol–water partition coefficient (Wildman–Crippen LogP) is 3.66. The van der Waals surface area contributed by atoms with E-state index in [1.807, 2.05) is 13.8 Å². The molecule has 0 aliphatic heterocycles. The van der Waals surface area contributed by atoms with Gasteiger partial charge in [0.2, 0.25) is 21.6 Å². The maximum absolute atomic E-state index is 13.3. The summed E-state index contributed by atoms with van der Waals surface area (Å²) in [7, 11) is -4.32. The molecule has 0 radical (unpaired) electrons. The zero-order chi connectivity index (χ0) is 22.6. The molecule has 1 aliphatic rings. The molecule has 2 aromatic rings. The van der Waals surface area contributed by atoms with Gasteiger partial charge in [-0.05, 0) is 30.5 Å². The summed E-state index contributed by atoms with van der Waals surface area (Å²) in [6.45, 7) is 4.60. The maximum atomic E-state index is 13.3. The van der Waals surface area contributed by atoms with E-state index in [9.17, 15) is 22.4 Å². The van der Waals surface area contributed by atoms with Crippen molar-refractivity contribution in [2.75, 3.05) is 13.1 Å². The minimum atomic E-state index is -4.32. The van der Waals surface area contributed by atoms with Gasteiger partial charge in [-0.2, -0.15) is 0 Å². The third kappa shape index (κ3) is 4.75. The number of ketones is 2. The first-order valence-corrected chi connectivity index (χ1v) is 11.7. The Morgan fingerprint density at radius 3 is 1.97 bits per heavy atom. The highest BCUT2D eigenvalue weighted by Crippen LogP contribution is 2.31. The largest absolute Gasteiger partial charge is 0.367 e. The molecule has 8 heteroatoms. The van der Waals surface area contributed by atoms with E-state index < -0.39 is 32.3 Å². The molecule has 164 valence electrons. The van der Waals surface area contributed by atoms with E-state index >= 15 is 0 Å². The van der Waals surface area contributed by atoms with Crippen molar-refractivity contribution in [1.82, 2.24) is 9.62 Å². The zero-order valence-corrected chi connectivity index (χ0v) is 18.3. The minimum absolute atomic E-state index is 0.0753. The Morgan fingerprint density at radius 1 is 0.871 bits per heavy atom. The number of hydrogen-bond acceptors (Lipinski definition) is 5. The number of hydrogen-bond donors (Lipinski definition) is 1. The second kappa shape index (κ2) is 9.53. The molecule has 2 aromatic carbocycles. The van der Waals surface area contributed by atoms with Crippen LogP contribution in [0.3, 0.4) is 0 Å². The smallest absolute Gasteiger partial charge is 0.247 e. The molecule has 0 bridgehead atoms. The molecule has 1 N–H and O–H groups in total. The van der Waals surface area contributed by atoms with Gasteiger partial charge in [-0.15, -0.1) is 0 Å². The van der Waals surface area contributed by atoms with E-state index in [-0.39, 0.29) is 23.4 Å². The van der Waals surface area contributed by atoms with E-state index in [0.717, 1.165) is 0 Å². The third-order valence-electron chi connectivity index (χ3n) is 5.00. The quantitative estimate of drug-likeness (QED) is 0.638. The molecule has 0 unspecified atom stereocenters. The SMILES string of the molecule is CCCN(CCC)C1=C(S(=O)(=O)NCc2ccc(F)cc2)C(=O)c2ccccc2C1=O. The molecule has 0 heterocycles. The fourth-order valence-corrected chi connectivity index (χ4v) is 4.94. The molecule has 0 aromatic heterocycles. The standard InChI is InChI=1S/C23H25FN2O4S/c1-3-13-26(14-4-2)20-21(27)18-7-5-6-8-19(18)22(28)23(20)31(29,30)25-15-16-9-11-17(24)12-10-16/h5-12,25H,3-4,13-15H2,1-2H3. The van der Waals surface area contributed by atoms with Gasteiger partial charge in [-0.3, -0.25) is 9.59 Å². The minimum Gasteiger partial charge on any atom is -0.367 e. The van der Waals surface area contributed by atoms with Crippen molar-refractivity contribution in [3.05, 3.63) is 81.6 Å². The molecule has 1 aliphatic carbocycles. The summed E-state index contributed by atoms with van der Waals surface area (Å²) in [6.07, 6.45) is 1.37. The zero-order valence-electron chi connectivity index (χ0n) is 17.5. The Kier molecular flexibility index (Phi) is 7.02. The van der Waals surface area contributed by atoms with Gasteiger partial charge in [-0.25, -0.2) is 17.5 Å². The number of nitrogens with one attached hydrogen (secondary N) is 1. The second-order valence-electron chi connectivity index (χ2n) is 7.32. The summed E-state index contributed by atoms with van der Waals surface area (Å²) in [5, 5.41) is 0. The normalized spacial score (nSPS) is 14.0. The first kappa shape index (κ1) is 22.8. The monoisotopic (exact) mass is 444 g/mol. The fourth-order valence-electron chi connectivity index (χ4n) is 3.60. The van der Waals surface area contributed by atoms with Crippen molar-refractivity contribution >= 4 is 21.6 Å². The van der Waals surface area contributed by atoms with Crippen LogP contribution in [0.25, 0.3) is 0 Å². The molecule has 0 atom stereocenters. The molecule has 0 fully saturated rings. The van der Waals surface area contributed by atoms with Crippen LogP contribution in [-0.2, 0) is 16.6 Å². The molecule has 0 spiro atoms. The van der Waals surface area contributed by atoms with Crippen molar-refractivity contribution < 1.29 is 22.4 Å². The van der Waals surface area contributed by atoms with Crippen LogP contribution in [0, 0.1) is 5.82 Å². The predicted molar refractivity (Wildman–Crippen MR) is 116 cm³/mol. The number of fused-ring (bicyclic) bond motifs is 1. The van der Waals surface area contributed by atoms with E-state index in [0.29, 0.717) is 31.5 Å². The number of rotatable bonds is 9. The molecule has 6 nitrogen and oxygen atoms in total. The van der Waals surface area contributed by atoms with Crippen molar-refractivity contribution in [3.63, 3.8) is 0 Å². The van der Waals surface area contributed by atoms with Crippen molar-refractivity contribution in [2.45, 2.75) is 33.2 Å². The molecule has 0 amide bonds. The van der Waals surface area contributed by atoms with E-state index in [2.05, 4.69) is 4.72 Å². The fraction of sp³-hybridized carbons (Fsp3) is 0.304. The average Bonchev–Trinajstić information content (AvgIpc) is 2.75. The van der Waals surface area contributed by atoms with Crippen LogP contribution in [0.4, 0.5) is 4.39 Å². The number of nitrogens with zero attached hydrogens (tertiary/aromatic N) is 1. The van der Waals surface area contributed by atoms with Crippen LogP contribution in [0.1, 0.15) is 53.0 Å². The van der Waals surface area contributed by atoms with E-state index in [4.69, 9.17) is 0 Å². The lowest BCUT2D eigenvalue weighted by atomic mass is 9.91. The topological polar surface area (TPSA) is 83.6 Å². The molecule has 3 rings (SSSR count). The summed E-state index contributed by atoms with van der Waals surface area (Å²) in [4.78, 5) is 27.8. The third-order valence-corrected chi connectivity index (χ3v) is 6.44. The Labute approximate surface area is 181 Å². The number of Topliss-reactive ketones (excluding diaryl/α,β-unsaturated/α-hetero) is 2. The molecule has 0 saturated heterocycles. The molecular formula is C23H25FN2O4S. The summed E-state index contributed by atoms with van der Waals surface area (Å²) >= 11 is 0. The Balaban J connectivity index is 2.09. The summed E-state index contributed by atoms with van der Waals surface area (Å²) in [5.74, 6) is -1.61. The van der Waals surface area contributed by atoms with Gasteiger partial charge in [0.05, 0.1) is 0 Å². The van der Waals surface area contributed by atoms with Crippen molar-refractivity contribution in [3.8, 4) is 0 Å². The highest BCUT2D eigenvalue weighted by molar-refractivity contribution is 7.94. The Bertz CT molecular complexity index is 1120. The maximum Gasteiger partial charge on any atom is 0.247 e. The highest BCUT2D eigenvalue weighted by Gasteiger charge is 2.41. The average molecular weight is 445 g/mol. The van der Waals surface area contributed by atoms with E-state index in [1.54, 1.807) is 23.1 Å². The van der Waals surface area contributed by atoms with Crippen LogP contribution >= 0.6 is 0 Å². The summed E-state index contributed by atoms with van der Waals surface area (Å²) < 4.78 is 42.1. The van der Waals surface area contributed by atoms with Crippen LogP contribution < -0.4 is 4.72 Å². The van der Waals surface area contributed by atoms with Crippen LogP contribution in [0.2, 0.25) is 0 Å². The van der Waals surface area contributed by atoms with Gasteiger partial charge in [0.1, 0.15) is 11.5 Å². The lowest BCUT2D eigenvalue weighted by molar-refractivity contribution is 0.0946. The first-order valence-electron chi connectivity index (χ1n) is 10.2. The Hall–Kier alpha value is -2.84. The molecular weight excluding hydrogens is 419 g/mol. The second-order valence-corrected chi connectivity index (χ2v) is 9.02. The number of halogens is 1. The van der Waals surface area contributed by atoms with E-state index in [1.165, 1.54) is 30.3 Å². The Morgan fingerprint density at radius 2 is 1.42 bits per heavy atom. The highest BCUT2D eigenvalue weighted by atomic mass is 32.2. The lowest BCUT2D eigenvalue weighted by Gasteiger charge is -2.30. The molecule has 31 heavy (non-hydrogen) atoms. The van der Waals surface area contributed by atoms with Crippen molar-refractivity contribution in [2.24, 2.45) is 0 Å². The first-order chi connectivity index (χ1) is 14.8. The lowest BCUT2D eigenvalue weighted by Crippen LogP contribution is -2.40. The van der Waals surface area contributed by atoms with Gasteiger partial charge in [0.15, 0.2) is 4.91 Å². The van der Waals surface area contributed by atoms with Crippen LogP contribution in [0.5, 0.6) is 0 Å². The number of carbonyl (C=O) groups is 2. The number of sulfonamides is 1. The summed E-state index contributed by atoms with van der Waals surface area (Å²) in [6, 6.07) is 11.6. The van der Waals surface area contributed by atoms with Gasteiger partial charge in [0.25, 0.3) is 0 Å². The number of allylic oxidation sites excluding steroid dienone is 2. The van der Waals surface area contributed by atoms with Gasteiger partial charge < -0.3 is 4.90 Å². The van der Waals surface area contributed by atoms with Crippen LogP contribution in [-0.4, -0.2) is 38.0 Å². The van der Waals surface area contributed by atoms with Gasteiger partial charge >= 0.3 is 0 Å². The number of carbonyl (C=O) groups excluding carboxylic acids is 2. The van der Waals surface area contributed by atoms with Gasteiger partial charge in [-0.1, -0.05) is 50.2 Å². The number of benzene rings is 2. The molecule has 0 saturated carbocycles. The summed E-state index contributed by atoms with van der Waals surface area (Å²) in [5.41, 5.74) is 0.726. The van der Waals surface area contributed by atoms with Crippen LogP contribution in [0.15, 0.2) is 59.1 Å². The van der Waals surface area contributed by atoms with Crippen molar-refractivity contribution in [1.29, 1.82) is 0 Å². The van der Waals surface area contributed by atoms with Gasteiger partial charge in [0, 0.05) is 30.8 Å².